The van der Waals surface area contributed by atoms with Gasteiger partial charge in [0.15, 0.2) is 0 Å². The molecule has 0 saturated heterocycles. The molecule has 2 heteroatoms. The quantitative estimate of drug-likeness (QED) is 0.753. The molecule has 80 valence electrons. The van der Waals surface area contributed by atoms with E-state index < -0.39 is 0 Å². The Morgan fingerprint density at radius 2 is 2.33 bits per heavy atom. The summed E-state index contributed by atoms with van der Waals surface area (Å²) in [5, 5.41) is 0. The number of carbonyl (C=O) groups is 1. The maximum atomic E-state index is 10.8. The molecule has 0 fully saturated rings. The maximum Gasteiger partial charge on any atom is 0.129 e. The number of rotatable bonds is 4. The summed E-state index contributed by atoms with van der Waals surface area (Å²) in [6.45, 7) is 2.46. The summed E-state index contributed by atoms with van der Waals surface area (Å²) in [6, 6.07) is 6.36. The van der Waals surface area contributed by atoms with Crippen LogP contribution in [0.3, 0.4) is 0 Å². The van der Waals surface area contributed by atoms with Gasteiger partial charge in [0.25, 0.3) is 0 Å². The lowest BCUT2D eigenvalue weighted by atomic mass is 10.0. The number of aryl methyl sites for hydroxylation is 1. The molecule has 0 aromatic heterocycles. The van der Waals surface area contributed by atoms with Crippen molar-refractivity contribution in [1.29, 1.82) is 0 Å². The molecular formula is C13H16O2. The number of fused-ring (bicyclic) bond motifs is 1. The van der Waals surface area contributed by atoms with Gasteiger partial charge in [-0.15, -0.1) is 0 Å². The van der Waals surface area contributed by atoms with E-state index in [1.54, 1.807) is 6.92 Å². The molecule has 0 amide bonds. The third kappa shape index (κ3) is 2.58. The van der Waals surface area contributed by atoms with Crippen LogP contribution in [-0.2, 0) is 17.6 Å². The highest BCUT2D eigenvalue weighted by molar-refractivity contribution is 5.75. The van der Waals surface area contributed by atoms with Crippen molar-refractivity contribution in [3.8, 4) is 5.75 Å². The first kappa shape index (κ1) is 10.2. The second kappa shape index (κ2) is 4.47. The van der Waals surface area contributed by atoms with Crippen LogP contribution in [0, 0.1) is 0 Å². The Kier molecular flexibility index (Phi) is 3.05. The Morgan fingerprint density at radius 1 is 1.47 bits per heavy atom. The van der Waals surface area contributed by atoms with Crippen LogP contribution in [-0.4, -0.2) is 12.4 Å². The number of ether oxygens (including phenoxy) is 1. The number of benzene rings is 1. The van der Waals surface area contributed by atoms with Gasteiger partial charge < -0.3 is 9.53 Å². The van der Waals surface area contributed by atoms with Gasteiger partial charge in [-0.2, -0.15) is 0 Å². The molecule has 1 aromatic rings. The number of carbonyl (C=O) groups excluding carboxylic acids is 1. The summed E-state index contributed by atoms with van der Waals surface area (Å²) in [4.78, 5) is 10.8. The lowest BCUT2D eigenvalue weighted by Gasteiger charge is -2.03. The van der Waals surface area contributed by atoms with Crippen LogP contribution in [0.4, 0.5) is 0 Å². The fourth-order valence-electron chi connectivity index (χ4n) is 1.94. The van der Waals surface area contributed by atoms with Crippen LogP contribution in [0.5, 0.6) is 5.75 Å². The standard InChI is InChI=1S/C13H16O2/c1-10(14)3-2-4-11-5-6-13-12(9-11)7-8-15-13/h5-6,9H,2-4,7-8H2,1H3. The summed E-state index contributed by atoms with van der Waals surface area (Å²) >= 11 is 0. The van der Waals surface area contributed by atoms with Crippen LogP contribution in [0.2, 0.25) is 0 Å². The second-order valence-corrected chi connectivity index (χ2v) is 4.10. The van der Waals surface area contributed by atoms with Crippen molar-refractivity contribution in [1.82, 2.24) is 0 Å². The number of hydrogen-bond donors (Lipinski definition) is 0. The highest BCUT2D eigenvalue weighted by atomic mass is 16.5. The van der Waals surface area contributed by atoms with E-state index in [-0.39, 0.29) is 5.78 Å². The van der Waals surface area contributed by atoms with E-state index in [0.717, 1.165) is 31.6 Å². The Hall–Kier alpha value is -1.31. The summed E-state index contributed by atoms with van der Waals surface area (Å²) in [5.74, 6) is 1.31. The number of ketones is 1. The fraction of sp³-hybridized carbons (Fsp3) is 0.462. The molecule has 1 aliphatic rings. The van der Waals surface area contributed by atoms with Crippen LogP contribution >= 0.6 is 0 Å². The highest BCUT2D eigenvalue weighted by Crippen LogP contribution is 2.26. The minimum atomic E-state index is 0.277. The van der Waals surface area contributed by atoms with E-state index in [0.29, 0.717) is 6.42 Å². The van der Waals surface area contributed by atoms with Gasteiger partial charge in [-0.05, 0) is 37.0 Å². The zero-order valence-corrected chi connectivity index (χ0v) is 9.08. The molecule has 0 radical (unpaired) electrons. The topological polar surface area (TPSA) is 26.3 Å². The maximum absolute atomic E-state index is 10.8. The van der Waals surface area contributed by atoms with Gasteiger partial charge in [-0.3, -0.25) is 0 Å². The predicted molar refractivity (Wildman–Crippen MR) is 59.3 cm³/mol. The zero-order chi connectivity index (χ0) is 10.7. The molecular weight excluding hydrogens is 188 g/mol. The lowest BCUT2D eigenvalue weighted by molar-refractivity contribution is -0.117. The molecule has 0 aliphatic carbocycles. The van der Waals surface area contributed by atoms with Gasteiger partial charge in [-0.1, -0.05) is 12.1 Å². The predicted octanol–water partition coefficient (Wildman–Crippen LogP) is 2.53. The minimum Gasteiger partial charge on any atom is -0.493 e. The largest absolute Gasteiger partial charge is 0.493 e. The van der Waals surface area contributed by atoms with Crippen LogP contribution in [0.15, 0.2) is 18.2 Å². The van der Waals surface area contributed by atoms with Gasteiger partial charge in [-0.25, -0.2) is 0 Å². The van der Waals surface area contributed by atoms with Gasteiger partial charge in [0.05, 0.1) is 6.61 Å². The fourth-order valence-corrected chi connectivity index (χ4v) is 1.94. The molecule has 0 spiro atoms. The zero-order valence-electron chi connectivity index (χ0n) is 9.08. The van der Waals surface area contributed by atoms with Gasteiger partial charge in [0.2, 0.25) is 0 Å². The lowest BCUT2D eigenvalue weighted by Crippen LogP contribution is -1.93. The number of Topliss-reactive ketones (excluding diaryl/α,β-unsaturated/α-hetero) is 1. The SMILES string of the molecule is CC(=O)CCCc1ccc2c(c1)CCO2. The molecule has 1 heterocycles. The van der Waals surface area contributed by atoms with Crippen LogP contribution in [0.1, 0.15) is 30.9 Å². The van der Waals surface area contributed by atoms with Crippen molar-refractivity contribution < 1.29 is 9.53 Å². The molecule has 0 unspecified atom stereocenters. The van der Waals surface area contributed by atoms with Gasteiger partial charge >= 0.3 is 0 Å². The van der Waals surface area contributed by atoms with E-state index in [9.17, 15) is 4.79 Å². The van der Waals surface area contributed by atoms with Crippen molar-refractivity contribution in [3.05, 3.63) is 29.3 Å². The first-order valence-corrected chi connectivity index (χ1v) is 5.50. The second-order valence-electron chi connectivity index (χ2n) is 4.10. The first-order valence-electron chi connectivity index (χ1n) is 5.50. The van der Waals surface area contributed by atoms with Gasteiger partial charge in [0.1, 0.15) is 11.5 Å². The summed E-state index contributed by atoms with van der Waals surface area (Å²) in [5.41, 5.74) is 2.64. The third-order valence-corrected chi connectivity index (χ3v) is 2.75. The Bertz CT molecular complexity index is 369. The van der Waals surface area contributed by atoms with E-state index in [1.807, 2.05) is 6.07 Å². The minimum absolute atomic E-state index is 0.277. The Balaban J connectivity index is 1.95. The first-order chi connectivity index (χ1) is 7.25. The Morgan fingerprint density at radius 3 is 3.13 bits per heavy atom. The average molecular weight is 204 g/mol. The van der Waals surface area contributed by atoms with Crippen LogP contribution in [0.25, 0.3) is 0 Å². The summed E-state index contributed by atoms with van der Waals surface area (Å²) in [6.07, 6.45) is 3.66. The molecule has 1 aromatic carbocycles. The van der Waals surface area contributed by atoms with E-state index in [2.05, 4.69) is 12.1 Å². The molecule has 0 atom stereocenters. The molecule has 2 nitrogen and oxygen atoms in total. The summed E-state index contributed by atoms with van der Waals surface area (Å²) < 4.78 is 5.44. The molecule has 1 aliphatic heterocycles. The monoisotopic (exact) mass is 204 g/mol. The van der Waals surface area contributed by atoms with Crippen molar-refractivity contribution in [2.24, 2.45) is 0 Å². The summed E-state index contributed by atoms with van der Waals surface area (Å²) in [7, 11) is 0. The molecule has 0 N–H and O–H groups in total. The molecule has 0 bridgehead atoms. The van der Waals surface area contributed by atoms with E-state index in [4.69, 9.17) is 4.74 Å². The molecule has 15 heavy (non-hydrogen) atoms. The van der Waals surface area contributed by atoms with E-state index >= 15 is 0 Å². The van der Waals surface area contributed by atoms with E-state index in [1.165, 1.54) is 11.1 Å². The average Bonchev–Trinajstić information content (AvgIpc) is 2.64. The number of hydrogen-bond acceptors (Lipinski definition) is 2. The normalized spacial score (nSPS) is 13.4. The third-order valence-electron chi connectivity index (χ3n) is 2.75. The van der Waals surface area contributed by atoms with Crippen molar-refractivity contribution in [3.63, 3.8) is 0 Å². The molecule has 0 saturated carbocycles. The Labute approximate surface area is 90.3 Å². The van der Waals surface area contributed by atoms with Crippen molar-refractivity contribution in [2.75, 3.05) is 6.61 Å². The van der Waals surface area contributed by atoms with Crippen LogP contribution < -0.4 is 4.74 Å². The highest BCUT2D eigenvalue weighted by Gasteiger charge is 2.11. The van der Waals surface area contributed by atoms with Crippen molar-refractivity contribution in [2.45, 2.75) is 32.6 Å². The smallest absolute Gasteiger partial charge is 0.129 e. The van der Waals surface area contributed by atoms with Crippen molar-refractivity contribution >= 4 is 5.78 Å². The molecule has 2 rings (SSSR count). The van der Waals surface area contributed by atoms with Gasteiger partial charge in [0, 0.05) is 12.8 Å².